The number of ether oxygens (including phenoxy) is 2. The van der Waals surface area contributed by atoms with E-state index in [-0.39, 0.29) is 12.3 Å². The van der Waals surface area contributed by atoms with Crippen molar-refractivity contribution in [2.75, 3.05) is 19.0 Å². The van der Waals surface area contributed by atoms with Gasteiger partial charge in [0.1, 0.15) is 11.2 Å². The average Bonchev–Trinajstić information content (AvgIpc) is 2.30. The van der Waals surface area contributed by atoms with Crippen molar-refractivity contribution in [3.63, 3.8) is 0 Å². The fraction of sp³-hybridized carbons (Fsp3) is 1.00. The summed E-state index contributed by atoms with van der Waals surface area (Å²) in [5.41, 5.74) is 0. The molecule has 0 aliphatic carbocycles. The molecular formula is C10H24O8S2Si. The maximum atomic E-state index is 11.1. The van der Waals surface area contributed by atoms with Crippen LogP contribution in [-0.4, -0.2) is 65.6 Å². The van der Waals surface area contributed by atoms with E-state index in [4.69, 9.17) is 18.6 Å². The minimum absolute atomic E-state index is 0.0312. The van der Waals surface area contributed by atoms with Crippen LogP contribution in [0.1, 0.15) is 26.7 Å². The number of rotatable bonds is 12. The van der Waals surface area contributed by atoms with Crippen molar-refractivity contribution in [1.29, 1.82) is 0 Å². The predicted octanol–water partition coefficient (Wildman–Crippen LogP) is -0.145. The minimum Gasteiger partial charge on any atom is -0.357 e. The van der Waals surface area contributed by atoms with Crippen LogP contribution in [0.2, 0.25) is 6.04 Å². The molecule has 0 amide bonds. The van der Waals surface area contributed by atoms with E-state index < -0.39 is 40.8 Å². The van der Waals surface area contributed by atoms with Crippen LogP contribution in [0.3, 0.4) is 0 Å². The standard InChI is InChI=1S/C10H24O8S2Si/c1-3-17-10(18-4-2)21-7-5-6-9(20(14,15)16)8-19(11,12)13/h9-10H,3-8,21H2,1-2H3,(H,11,12,13)(H,14,15,16). The van der Waals surface area contributed by atoms with Gasteiger partial charge in [-0.15, -0.1) is 0 Å². The van der Waals surface area contributed by atoms with Gasteiger partial charge in [-0.2, -0.15) is 16.8 Å². The lowest BCUT2D eigenvalue weighted by Gasteiger charge is -2.17. The maximum Gasteiger partial charge on any atom is 0.268 e. The van der Waals surface area contributed by atoms with Gasteiger partial charge in [0.05, 0.1) is 15.3 Å². The number of hydrogen-bond donors (Lipinski definition) is 2. The first-order valence-electron chi connectivity index (χ1n) is 6.74. The monoisotopic (exact) mass is 364 g/mol. The highest BCUT2D eigenvalue weighted by Gasteiger charge is 2.28. The van der Waals surface area contributed by atoms with Crippen LogP contribution >= 0.6 is 0 Å². The van der Waals surface area contributed by atoms with Crippen molar-refractivity contribution in [2.24, 2.45) is 0 Å². The molecule has 0 saturated heterocycles. The van der Waals surface area contributed by atoms with Gasteiger partial charge < -0.3 is 9.47 Å². The summed E-state index contributed by atoms with van der Waals surface area (Å²) in [6, 6.07) is 0.683. The van der Waals surface area contributed by atoms with Gasteiger partial charge in [0, 0.05) is 13.2 Å². The van der Waals surface area contributed by atoms with Gasteiger partial charge in [-0.3, -0.25) is 9.11 Å². The highest BCUT2D eigenvalue weighted by Crippen LogP contribution is 2.12. The van der Waals surface area contributed by atoms with Crippen molar-refractivity contribution in [3.05, 3.63) is 0 Å². The van der Waals surface area contributed by atoms with Crippen LogP contribution in [0.5, 0.6) is 0 Å². The zero-order chi connectivity index (χ0) is 16.5. The van der Waals surface area contributed by atoms with E-state index in [1.807, 2.05) is 13.8 Å². The van der Waals surface area contributed by atoms with Gasteiger partial charge in [-0.05, 0) is 20.3 Å². The fourth-order valence-electron chi connectivity index (χ4n) is 1.82. The molecule has 0 rings (SSSR count). The molecule has 0 aliphatic rings. The average molecular weight is 365 g/mol. The molecule has 0 bridgehead atoms. The van der Waals surface area contributed by atoms with E-state index >= 15 is 0 Å². The summed E-state index contributed by atoms with van der Waals surface area (Å²) in [4.78, 5) is 0. The first-order valence-corrected chi connectivity index (χ1v) is 11.7. The molecule has 1 atom stereocenters. The molecule has 0 saturated carbocycles. The second-order valence-corrected chi connectivity index (χ2v) is 9.66. The molecule has 2 N–H and O–H groups in total. The van der Waals surface area contributed by atoms with Crippen molar-refractivity contribution in [2.45, 2.75) is 43.9 Å². The molecule has 0 radical (unpaired) electrons. The molecule has 128 valence electrons. The van der Waals surface area contributed by atoms with Crippen molar-refractivity contribution < 1.29 is 35.4 Å². The predicted molar refractivity (Wildman–Crippen MR) is 81.4 cm³/mol. The Bertz CT molecular complexity index is 469. The van der Waals surface area contributed by atoms with E-state index in [9.17, 15) is 16.8 Å². The molecule has 0 spiro atoms. The molecule has 0 fully saturated rings. The molecule has 1 unspecified atom stereocenters. The summed E-state index contributed by atoms with van der Waals surface area (Å²) >= 11 is 0. The number of hydrogen-bond acceptors (Lipinski definition) is 6. The molecule has 0 aromatic rings. The Morgan fingerprint density at radius 1 is 1.05 bits per heavy atom. The first kappa shape index (κ1) is 21.0. The second kappa shape index (κ2) is 9.87. The van der Waals surface area contributed by atoms with Crippen molar-refractivity contribution in [3.8, 4) is 0 Å². The van der Waals surface area contributed by atoms with E-state index in [1.54, 1.807) is 0 Å². The first-order chi connectivity index (χ1) is 9.60. The van der Waals surface area contributed by atoms with Crippen LogP contribution in [0, 0.1) is 0 Å². The SMILES string of the molecule is CCOC(OCC)[SiH2]CCCC(CS(=O)(=O)O)S(=O)(=O)O. The van der Waals surface area contributed by atoms with E-state index in [0.29, 0.717) is 25.7 Å². The smallest absolute Gasteiger partial charge is 0.268 e. The third kappa shape index (κ3) is 11.2. The zero-order valence-corrected chi connectivity index (χ0v) is 15.3. The van der Waals surface area contributed by atoms with Crippen LogP contribution in [0.15, 0.2) is 0 Å². The normalized spacial score (nSPS) is 15.1. The van der Waals surface area contributed by atoms with Crippen LogP contribution < -0.4 is 0 Å². The van der Waals surface area contributed by atoms with Crippen LogP contribution in [-0.2, 0) is 29.7 Å². The minimum atomic E-state index is -4.51. The Morgan fingerprint density at radius 3 is 1.95 bits per heavy atom. The fourth-order valence-corrected chi connectivity index (χ4v) is 5.84. The summed E-state index contributed by atoms with van der Waals surface area (Å²) in [7, 11) is -9.72. The van der Waals surface area contributed by atoms with Crippen LogP contribution in [0.25, 0.3) is 0 Å². The third-order valence-electron chi connectivity index (χ3n) is 2.74. The lowest BCUT2D eigenvalue weighted by Crippen LogP contribution is -2.29. The summed E-state index contributed by atoms with van der Waals surface area (Å²) in [5, 5.41) is -1.50. The highest BCUT2D eigenvalue weighted by molar-refractivity contribution is 7.90. The molecule has 0 heterocycles. The lowest BCUT2D eigenvalue weighted by molar-refractivity contribution is -0.0827. The van der Waals surface area contributed by atoms with E-state index in [2.05, 4.69) is 0 Å². The van der Waals surface area contributed by atoms with Crippen molar-refractivity contribution >= 4 is 29.8 Å². The zero-order valence-electron chi connectivity index (χ0n) is 12.3. The van der Waals surface area contributed by atoms with Gasteiger partial charge in [-0.25, -0.2) is 0 Å². The molecule has 0 aliphatic heterocycles. The van der Waals surface area contributed by atoms with Crippen LogP contribution in [0.4, 0.5) is 0 Å². The molecule has 11 heteroatoms. The second-order valence-electron chi connectivity index (χ2n) is 4.51. The van der Waals surface area contributed by atoms with Gasteiger partial charge in [0.15, 0.2) is 0 Å². The van der Waals surface area contributed by atoms with Crippen molar-refractivity contribution in [1.82, 2.24) is 0 Å². The third-order valence-corrected chi connectivity index (χ3v) is 6.87. The Kier molecular flexibility index (Phi) is 9.85. The largest absolute Gasteiger partial charge is 0.357 e. The Labute approximate surface area is 128 Å². The highest BCUT2D eigenvalue weighted by atomic mass is 32.2. The summed E-state index contributed by atoms with van der Waals surface area (Å²) in [5.74, 6) is -1.24. The van der Waals surface area contributed by atoms with E-state index in [0.717, 1.165) is 0 Å². The summed E-state index contributed by atoms with van der Waals surface area (Å²) in [6.45, 7) is 4.74. The topological polar surface area (TPSA) is 127 Å². The van der Waals surface area contributed by atoms with E-state index in [1.165, 1.54) is 0 Å². The molecule has 0 aromatic carbocycles. The Morgan fingerprint density at radius 2 is 1.57 bits per heavy atom. The molecule has 8 nitrogen and oxygen atoms in total. The molecule has 21 heavy (non-hydrogen) atoms. The Balaban J connectivity index is 4.32. The molecule has 0 aromatic heterocycles. The Hall–Kier alpha value is -0.0431. The lowest BCUT2D eigenvalue weighted by atomic mass is 10.3. The summed E-state index contributed by atoms with van der Waals surface area (Å²) in [6.07, 6.45) is 0.388. The van der Waals surface area contributed by atoms with Gasteiger partial charge in [0.25, 0.3) is 20.2 Å². The van der Waals surface area contributed by atoms with Gasteiger partial charge >= 0.3 is 0 Å². The quantitative estimate of drug-likeness (QED) is 0.212. The van der Waals surface area contributed by atoms with Gasteiger partial charge in [0.2, 0.25) is 0 Å². The summed E-state index contributed by atoms with van der Waals surface area (Å²) < 4.78 is 72.1. The molecular weight excluding hydrogens is 340 g/mol. The maximum absolute atomic E-state index is 11.1. The van der Waals surface area contributed by atoms with Gasteiger partial charge in [-0.1, -0.05) is 12.5 Å².